The molecule has 9 nitrogen and oxygen atoms in total. The molecule has 40 heavy (non-hydrogen) atoms. The summed E-state index contributed by atoms with van der Waals surface area (Å²) in [5.74, 6) is 1.94. The number of aromatic amines is 2. The van der Waals surface area contributed by atoms with Crippen molar-refractivity contribution >= 4 is 32.9 Å². The molecule has 0 atom stereocenters. The van der Waals surface area contributed by atoms with Crippen molar-refractivity contribution in [1.29, 1.82) is 0 Å². The molecule has 0 amide bonds. The van der Waals surface area contributed by atoms with Gasteiger partial charge in [-0.1, -0.05) is 48.5 Å². The Balaban J connectivity index is 1.25. The fourth-order valence-corrected chi connectivity index (χ4v) is 5.54. The van der Waals surface area contributed by atoms with Gasteiger partial charge in [-0.15, -0.1) is 0 Å². The van der Waals surface area contributed by atoms with Gasteiger partial charge in [-0.2, -0.15) is 0 Å². The van der Waals surface area contributed by atoms with E-state index in [2.05, 4.69) is 24.9 Å². The highest BCUT2D eigenvalue weighted by Crippen LogP contribution is 2.50. The number of aromatic nitrogens is 5. The molecule has 6 aliphatic rings. The summed E-state index contributed by atoms with van der Waals surface area (Å²) in [6.07, 6.45) is 8.42. The van der Waals surface area contributed by atoms with Crippen LogP contribution in [0.2, 0.25) is 0 Å². The Morgan fingerprint density at radius 2 is 1.02 bits per heavy atom. The zero-order chi connectivity index (χ0) is 26.8. The third kappa shape index (κ3) is 3.11. The number of nitrogens with two attached hydrogens (primary N) is 2. The number of anilines is 2. The van der Waals surface area contributed by atoms with Crippen molar-refractivity contribution in [3.8, 4) is 56.9 Å². The lowest BCUT2D eigenvalue weighted by atomic mass is 10.1. The van der Waals surface area contributed by atoms with E-state index in [0.29, 0.717) is 45.8 Å². The smallest absolute Gasteiger partial charge is 0.230 e. The lowest BCUT2D eigenvalue weighted by molar-refractivity contribution is 0.471. The molecular weight excluding hydrogens is 502 g/mol. The van der Waals surface area contributed by atoms with Crippen LogP contribution in [0, 0.1) is 0 Å². The Kier molecular flexibility index (Phi) is 4.62. The van der Waals surface area contributed by atoms with Crippen molar-refractivity contribution in [3.63, 3.8) is 0 Å². The SMILES string of the molecule is Nc1cc[nH]c2c(Oc3ncnc(Oc4c5[nH]ccc(N)c-5c5ccccc45)c4cncc3-4)c3ccccc3c1-2. The van der Waals surface area contributed by atoms with E-state index in [1.807, 2.05) is 60.7 Å². The Labute approximate surface area is 227 Å². The summed E-state index contributed by atoms with van der Waals surface area (Å²) in [5, 5.41) is 3.82. The van der Waals surface area contributed by atoms with E-state index in [9.17, 15) is 0 Å². The molecule has 6 N–H and O–H groups in total. The maximum atomic E-state index is 6.52. The van der Waals surface area contributed by atoms with Crippen LogP contribution in [0.1, 0.15) is 0 Å². The number of hydrogen-bond donors (Lipinski definition) is 4. The zero-order valence-electron chi connectivity index (χ0n) is 21.0. The number of H-pyrrole nitrogens is 2. The summed E-state index contributed by atoms with van der Waals surface area (Å²) < 4.78 is 13.0. The normalized spacial score (nSPS) is 11.7. The van der Waals surface area contributed by atoms with Crippen LogP contribution in [0.4, 0.5) is 11.4 Å². The highest BCUT2D eigenvalue weighted by atomic mass is 16.5. The van der Waals surface area contributed by atoms with Gasteiger partial charge in [0, 0.05) is 58.1 Å². The molecule has 0 saturated carbocycles. The third-order valence-corrected chi connectivity index (χ3v) is 7.30. The number of nitrogen functional groups attached to an aromatic ring is 2. The summed E-state index contributed by atoms with van der Waals surface area (Å²) in [6.45, 7) is 0. The highest BCUT2D eigenvalue weighted by Gasteiger charge is 2.27. The molecule has 192 valence electrons. The van der Waals surface area contributed by atoms with Crippen molar-refractivity contribution in [1.82, 2.24) is 24.9 Å². The molecule has 2 aromatic carbocycles. The first kappa shape index (κ1) is 22.2. The van der Waals surface area contributed by atoms with Crippen LogP contribution in [0.15, 0.2) is 91.8 Å². The first-order chi connectivity index (χ1) is 19.7. The zero-order valence-corrected chi connectivity index (χ0v) is 21.0. The predicted octanol–water partition coefficient (Wildman–Crippen LogP) is 6.90. The third-order valence-electron chi connectivity index (χ3n) is 7.30. The average molecular weight is 524 g/mol. The molecule has 0 radical (unpaired) electrons. The van der Waals surface area contributed by atoms with E-state index in [-0.39, 0.29) is 0 Å². The van der Waals surface area contributed by atoms with Crippen molar-refractivity contribution < 1.29 is 9.47 Å². The Bertz CT molecular complexity index is 1960. The molecule has 0 bridgehead atoms. The fourth-order valence-electron chi connectivity index (χ4n) is 5.54. The molecular formula is C31H21N7O2. The van der Waals surface area contributed by atoms with E-state index in [1.54, 1.807) is 24.8 Å². The molecule has 0 saturated heterocycles. The molecule has 8 rings (SSSR count). The first-order valence-corrected chi connectivity index (χ1v) is 12.7. The fraction of sp³-hybridized carbons (Fsp3) is 0. The maximum absolute atomic E-state index is 6.52. The van der Waals surface area contributed by atoms with Gasteiger partial charge >= 0.3 is 0 Å². The number of pyridine rings is 2. The quantitative estimate of drug-likeness (QED) is 0.197. The van der Waals surface area contributed by atoms with Gasteiger partial charge in [-0.3, -0.25) is 4.98 Å². The van der Waals surface area contributed by atoms with Gasteiger partial charge in [0.2, 0.25) is 11.8 Å². The van der Waals surface area contributed by atoms with E-state index in [1.165, 1.54) is 6.33 Å². The first-order valence-electron chi connectivity index (χ1n) is 12.7. The molecule has 4 heterocycles. The van der Waals surface area contributed by atoms with E-state index in [0.717, 1.165) is 44.1 Å². The minimum absolute atomic E-state index is 0.344. The van der Waals surface area contributed by atoms with E-state index in [4.69, 9.17) is 20.9 Å². The summed E-state index contributed by atoms with van der Waals surface area (Å²) in [7, 11) is 0. The van der Waals surface area contributed by atoms with Gasteiger partial charge < -0.3 is 30.9 Å². The molecule has 4 aliphatic heterocycles. The van der Waals surface area contributed by atoms with Gasteiger partial charge in [-0.05, 0) is 22.9 Å². The summed E-state index contributed by atoms with van der Waals surface area (Å²) in [5.41, 5.74) is 18.7. The second kappa shape index (κ2) is 8.34. The van der Waals surface area contributed by atoms with Gasteiger partial charge in [0.15, 0.2) is 11.5 Å². The minimum atomic E-state index is 0.344. The Morgan fingerprint density at radius 1 is 0.575 bits per heavy atom. The molecule has 0 fully saturated rings. The lowest BCUT2D eigenvalue weighted by Crippen LogP contribution is -1.94. The van der Waals surface area contributed by atoms with Crippen LogP contribution >= 0.6 is 0 Å². The highest BCUT2D eigenvalue weighted by molar-refractivity contribution is 6.12. The van der Waals surface area contributed by atoms with Crippen LogP contribution < -0.4 is 20.9 Å². The minimum Gasteiger partial charge on any atom is -0.435 e. The van der Waals surface area contributed by atoms with E-state index < -0.39 is 0 Å². The van der Waals surface area contributed by atoms with Crippen molar-refractivity contribution in [2.24, 2.45) is 0 Å². The van der Waals surface area contributed by atoms with Crippen molar-refractivity contribution in [2.75, 3.05) is 11.5 Å². The summed E-state index contributed by atoms with van der Waals surface area (Å²) in [4.78, 5) is 20.1. The molecule has 2 aromatic rings. The molecule has 0 spiro atoms. The molecule has 0 aromatic heterocycles. The Morgan fingerprint density at radius 3 is 1.50 bits per heavy atom. The number of rotatable bonds is 4. The van der Waals surface area contributed by atoms with Gasteiger partial charge in [0.05, 0.1) is 22.5 Å². The number of nitrogens with zero attached hydrogens (tertiary/aromatic N) is 3. The monoisotopic (exact) mass is 523 g/mol. The molecule has 9 heteroatoms. The van der Waals surface area contributed by atoms with Crippen LogP contribution in [0.3, 0.4) is 0 Å². The number of nitrogens with one attached hydrogen (secondary N) is 2. The predicted molar refractivity (Wildman–Crippen MR) is 155 cm³/mol. The van der Waals surface area contributed by atoms with Gasteiger partial charge in [-0.25, -0.2) is 9.97 Å². The van der Waals surface area contributed by atoms with Gasteiger partial charge in [0.25, 0.3) is 0 Å². The van der Waals surface area contributed by atoms with E-state index >= 15 is 0 Å². The van der Waals surface area contributed by atoms with Crippen LogP contribution in [0.25, 0.3) is 55.2 Å². The topological polar surface area (TPSA) is 141 Å². The lowest BCUT2D eigenvalue weighted by Gasteiger charge is -2.10. The molecule has 0 unspecified atom stereocenters. The molecule has 2 aliphatic carbocycles. The second-order valence-corrected chi connectivity index (χ2v) is 9.54. The van der Waals surface area contributed by atoms with Crippen LogP contribution in [-0.2, 0) is 0 Å². The standard InChI is InChI=1S/C31H21N7O2/c32-22-9-11-35-26-24(22)16-5-1-3-7-18(16)28(26)39-30-20-13-34-14-21(20)31(38-15-37-30)40-29-19-8-4-2-6-17(19)25-23(33)10-12-36-27(25)29/h1-15,35-36H,32-33H2. The summed E-state index contributed by atoms with van der Waals surface area (Å²) >= 11 is 0. The van der Waals surface area contributed by atoms with Crippen molar-refractivity contribution in [2.45, 2.75) is 0 Å². The van der Waals surface area contributed by atoms with Gasteiger partial charge in [0.1, 0.15) is 6.33 Å². The maximum Gasteiger partial charge on any atom is 0.230 e. The number of fused-ring (bicyclic) bond motifs is 7. The number of benzene rings is 2. The summed E-state index contributed by atoms with van der Waals surface area (Å²) in [6, 6.07) is 19.6. The largest absolute Gasteiger partial charge is 0.435 e. The van der Waals surface area contributed by atoms with Crippen molar-refractivity contribution in [3.05, 3.63) is 91.8 Å². The van der Waals surface area contributed by atoms with Crippen LogP contribution in [0.5, 0.6) is 23.3 Å². The second-order valence-electron chi connectivity index (χ2n) is 9.54. The number of hydrogen-bond acceptors (Lipinski definition) is 7. The van der Waals surface area contributed by atoms with Crippen LogP contribution in [-0.4, -0.2) is 24.9 Å². The number of ether oxygens (including phenoxy) is 2. The Hall–Kier alpha value is -5.83. The average Bonchev–Trinajstić information content (AvgIpc) is 3.64.